The van der Waals surface area contributed by atoms with Crippen molar-refractivity contribution in [1.29, 1.82) is 0 Å². The molecule has 1 aromatic rings. The van der Waals surface area contributed by atoms with Crippen molar-refractivity contribution < 1.29 is 4.74 Å². The third kappa shape index (κ3) is 4.55. The molecule has 19 heavy (non-hydrogen) atoms. The Kier molecular flexibility index (Phi) is 6.28. The number of rotatable bonds is 8. The maximum Gasteiger partial charge on any atom is 0.0957 e. The topological polar surface area (TPSA) is 34.1 Å². The van der Waals surface area contributed by atoms with Gasteiger partial charge in [-0.05, 0) is 32.2 Å². The minimum atomic E-state index is 0.414. The van der Waals surface area contributed by atoms with Gasteiger partial charge in [-0.3, -0.25) is 0 Å². The van der Waals surface area contributed by atoms with Crippen LogP contribution in [0, 0.1) is 0 Å². The van der Waals surface area contributed by atoms with Crippen molar-refractivity contribution in [3.8, 4) is 0 Å². The minimum Gasteiger partial charge on any atom is -0.378 e. The number of nitrogens with one attached hydrogen (secondary N) is 1. The van der Waals surface area contributed by atoms with Gasteiger partial charge in [0.1, 0.15) is 0 Å². The third-order valence-corrected chi connectivity index (χ3v) is 4.57. The average molecular weight is 282 g/mol. The molecule has 0 amide bonds. The van der Waals surface area contributed by atoms with Crippen LogP contribution in [-0.2, 0) is 24.1 Å². The van der Waals surface area contributed by atoms with Gasteiger partial charge in [0.05, 0.1) is 16.8 Å². The highest BCUT2D eigenvalue weighted by Crippen LogP contribution is 2.24. The summed E-state index contributed by atoms with van der Waals surface area (Å²) in [6.45, 7) is 7.43. The van der Waals surface area contributed by atoms with Crippen LogP contribution in [0.15, 0.2) is 0 Å². The number of hydrogen-bond donors (Lipinski definition) is 1. The van der Waals surface area contributed by atoms with Crippen molar-refractivity contribution in [3.63, 3.8) is 0 Å². The summed E-state index contributed by atoms with van der Waals surface area (Å²) in [4.78, 5) is 6.27. The highest BCUT2D eigenvalue weighted by atomic mass is 32.1. The summed E-state index contributed by atoms with van der Waals surface area (Å²) < 4.78 is 5.72. The van der Waals surface area contributed by atoms with E-state index in [9.17, 15) is 0 Å². The van der Waals surface area contributed by atoms with Crippen LogP contribution in [0.5, 0.6) is 0 Å². The van der Waals surface area contributed by atoms with Gasteiger partial charge in [-0.25, -0.2) is 4.98 Å². The van der Waals surface area contributed by atoms with E-state index in [0.29, 0.717) is 6.10 Å². The second kappa shape index (κ2) is 7.98. The van der Waals surface area contributed by atoms with Crippen LogP contribution in [0.1, 0.15) is 55.1 Å². The maximum absolute atomic E-state index is 5.72. The zero-order valence-electron chi connectivity index (χ0n) is 12.2. The summed E-state index contributed by atoms with van der Waals surface area (Å²) in [6, 6.07) is 0. The number of ether oxygens (including phenoxy) is 1. The van der Waals surface area contributed by atoms with Crippen LogP contribution >= 0.6 is 11.3 Å². The first-order valence-electron chi connectivity index (χ1n) is 7.63. The van der Waals surface area contributed by atoms with Gasteiger partial charge in [0.15, 0.2) is 0 Å². The molecule has 1 aromatic heterocycles. The summed E-state index contributed by atoms with van der Waals surface area (Å²) in [7, 11) is 0. The predicted octanol–water partition coefficient (Wildman–Crippen LogP) is 3.32. The fourth-order valence-corrected chi connectivity index (χ4v) is 3.62. The number of aromatic nitrogens is 1. The van der Waals surface area contributed by atoms with Gasteiger partial charge in [0.2, 0.25) is 0 Å². The molecule has 1 saturated heterocycles. The number of hydrogen-bond acceptors (Lipinski definition) is 4. The molecule has 0 bridgehead atoms. The molecule has 0 radical (unpaired) electrons. The molecule has 4 heteroatoms. The molecule has 1 fully saturated rings. The molecule has 1 N–H and O–H groups in total. The van der Waals surface area contributed by atoms with Crippen LogP contribution in [-0.4, -0.2) is 24.2 Å². The standard InChI is InChI=1S/C15H26N2OS/c1-3-6-13-14(11-16-8-4-2)19-15(17-13)10-12-7-5-9-18-12/h12,16H,3-11H2,1-2H3. The molecule has 1 aliphatic heterocycles. The Balaban J connectivity index is 1.96. The van der Waals surface area contributed by atoms with E-state index < -0.39 is 0 Å². The third-order valence-electron chi connectivity index (χ3n) is 3.45. The van der Waals surface area contributed by atoms with Crippen LogP contribution in [0.25, 0.3) is 0 Å². The van der Waals surface area contributed by atoms with Gasteiger partial charge in [-0.2, -0.15) is 0 Å². The zero-order valence-corrected chi connectivity index (χ0v) is 13.0. The molecule has 0 aliphatic carbocycles. The first-order valence-corrected chi connectivity index (χ1v) is 8.44. The lowest BCUT2D eigenvalue weighted by Crippen LogP contribution is -2.13. The molecule has 0 spiro atoms. The highest BCUT2D eigenvalue weighted by Gasteiger charge is 2.19. The fraction of sp³-hybridized carbons (Fsp3) is 0.800. The Hall–Kier alpha value is -0.450. The van der Waals surface area contributed by atoms with Gasteiger partial charge in [0.25, 0.3) is 0 Å². The largest absolute Gasteiger partial charge is 0.378 e. The summed E-state index contributed by atoms with van der Waals surface area (Å²) in [6.07, 6.45) is 7.29. The van der Waals surface area contributed by atoms with Crippen molar-refractivity contribution in [1.82, 2.24) is 10.3 Å². The van der Waals surface area contributed by atoms with Crippen LogP contribution in [0.4, 0.5) is 0 Å². The highest BCUT2D eigenvalue weighted by molar-refractivity contribution is 7.11. The number of aryl methyl sites for hydroxylation is 1. The van der Waals surface area contributed by atoms with E-state index in [1.54, 1.807) is 0 Å². The van der Waals surface area contributed by atoms with Crippen molar-refractivity contribution in [2.75, 3.05) is 13.2 Å². The van der Waals surface area contributed by atoms with Crippen molar-refractivity contribution in [2.24, 2.45) is 0 Å². The Bertz CT molecular complexity index is 372. The van der Waals surface area contributed by atoms with Gasteiger partial charge in [0, 0.05) is 24.4 Å². The zero-order chi connectivity index (χ0) is 13.5. The summed E-state index contributed by atoms with van der Waals surface area (Å²) >= 11 is 1.88. The lowest BCUT2D eigenvalue weighted by Gasteiger charge is -2.05. The molecule has 0 saturated carbocycles. The van der Waals surface area contributed by atoms with E-state index in [0.717, 1.165) is 32.5 Å². The normalized spacial score (nSPS) is 19.2. The maximum atomic E-state index is 5.72. The Morgan fingerprint density at radius 1 is 1.37 bits per heavy atom. The molecule has 1 atom stereocenters. The van der Waals surface area contributed by atoms with Crippen molar-refractivity contribution in [2.45, 2.75) is 65.0 Å². The van der Waals surface area contributed by atoms with Crippen molar-refractivity contribution in [3.05, 3.63) is 15.6 Å². The lowest BCUT2D eigenvalue weighted by molar-refractivity contribution is 0.111. The summed E-state index contributed by atoms with van der Waals surface area (Å²) in [5, 5.41) is 4.76. The van der Waals surface area contributed by atoms with Crippen LogP contribution < -0.4 is 5.32 Å². The van der Waals surface area contributed by atoms with Gasteiger partial charge >= 0.3 is 0 Å². The predicted molar refractivity (Wildman–Crippen MR) is 80.8 cm³/mol. The lowest BCUT2D eigenvalue weighted by atomic mass is 10.2. The van der Waals surface area contributed by atoms with E-state index in [1.165, 1.54) is 41.3 Å². The molecular weight excluding hydrogens is 256 g/mol. The van der Waals surface area contributed by atoms with Gasteiger partial charge in [-0.1, -0.05) is 20.3 Å². The van der Waals surface area contributed by atoms with Crippen LogP contribution in [0.3, 0.4) is 0 Å². The monoisotopic (exact) mass is 282 g/mol. The van der Waals surface area contributed by atoms with E-state index in [2.05, 4.69) is 19.2 Å². The van der Waals surface area contributed by atoms with Crippen LogP contribution in [0.2, 0.25) is 0 Å². The molecule has 3 nitrogen and oxygen atoms in total. The van der Waals surface area contributed by atoms with Gasteiger partial charge < -0.3 is 10.1 Å². The molecule has 2 heterocycles. The van der Waals surface area contributed by atoms with E-state index in [4.69, 9.17) is 9.72 Å². The molecule has 108 valence electrons. The van der Waals surface area contributed by atoms with E-state index in [-0.39, 0.29) is 0 Å². The Morgan fingerprint density at radius 3 is 2.95 bits per heavy atom. The minimum absolute atomic E-state index is 0.414. The molecule has 0 aromatic carbocycles. The number of nitrogens with zero attached hydrogens (tertiary/aromatic N) is 1. The Morgan fingerprint density at radius 2 is 2.26 bits per heavy atom. The second-order valence-corrected chi connectivity index (χ2v) is 6.41. The quantitative estimate of drug-likeness (QED) is 0.743. The number of thiazole rings is 1. The smallest absolute Gasteiger partial charge is 0.0957 e. The first-order chi connectivity index (χ1) is 9.33. The summed E-state index contributed by atoms with van der Waals surface area (Å²) in [5.74, 6) is 0. The molecule has 2 rings (SSSR count). The SMILES string of the molecule is CCCNCc1sc(CC2CCCO2)nc1CCC. The Labute approximate surface area is 120 Å². The summed E-state index contributed by atoms with van der Waals surface area (Å²) in [5.41, 5.74) is 1.31. The van der Waals surface area contributed by atoms with E-state index >= 15 is 0 Å². The van der Waals surface area contributed by atoms with Gasteiger partial charge in [-0.15, -0.1) is 11.3 Å². The van der Waals surface area contributed by atoms with E-state index in [1.807, 2.05) is 11.3 Å². The second-order valence-electron chi connectivity index (χ2n) is 5.24. The molecule has 1 aliphatic rings. The fourth-order valence-electron chi connectivity index (χ4n) is 2.47. The average Bonchev–Trinajstić information content (AvgIpc) is 3.02. The molecular formula is C15H26N2OS. The first kappa shape index (κ1) is 14.9. The molecule has 1 unspecified atom stereocenters. The van der Waals surface area contributed by atoms with Crippen molar-refractivity contribution >= 4 is 11.3 Å².